The number of aromatic nitrogens is 2. The van der Waals surface area contributed by atoms with Crippen molar-refractivity contribution in [1.29, 1.82) is 0 Å². The molecule has 2 rings (SSSR count). The molecular formula is C14H13F2N2O. The first-order valence-electron chi connectivity index (χ1n) is 5.86. The van der Waals surface area contributed by atoms with Crippen molar-refractivity contribution in [2.24, 2.45) is 0 Å². The Morgan fingerprint density at radius 1 is 1.32 bits per heavy atom. The summed E-state index contributed by atoms with van der Waals surface area (Å²) in [6, 6.07) is 3.73. The van der Waals surface area contributed by atoms with Crippen molar-refractivity contribution >= 4 is 6.29 Å². The van der Waals surface area contributed by atoms with Crippen molar-refractivity contribution in [2.45, 2.75) is 19.4 Å². The molecule has 1 aromatic heterocycles. The molecule has 2 aromatic rings. The second kappa shape index (κ2) is 5.73. The zero-order chi connectivity index (χ0) is 13.8. The average Bonchev–Trinajstić information content (AvgIpc) is 2.77. The van der Waals surface area contributed by atoms with Crippen LogP contribution in [0, 0.1) is 18.6 Å². The lowest BCUT2D eigenvalue weighted by Crippen LogP contribution is -2.05. The van der Waals surface area contributed by atoms with Gasteiger partial charge in [-0.25, -0.2) is 8.78 Å². The molecule has 0 saturated heterocycles. The topological polar surface area (TPSA) is 34.9 Å². The summed E-state index contributed by atoms with van der Waals surface area (Å²) in [4.78, 5) is 10.5. The van der Waals surface area contributed by atoms with E-state index in [0.29, 0.717) is 12.1 Å². The van der Waals surface area contributed by atoms with Gasteiger partial charge in [-0.3, -0.25) is 4.68 Å². The minimum atomic E-state index is -0.608. The van der Waals surface area contributed by atoms with Crippen LogP contribution in [0.15, 0.2) is 24.4 Å². The van der Waals surface area contributed by atoms with Gasteiger partial charge in [0, 0.05) is 23.7 Å². The van der Waals surface area contributed by atoms with Crippen LogP contribution in [-0.2, 0) is 24.2 Å². The average molecular weight is 263 g/mol. The Morgan fingerprint density at radius 2 is 2.00 bits per heavy atom. The number of nitrogens with zero attached hydrogens (tertiary/aromatic N) is 2. The van der Waals surface area contributed by atoms with Gasteiger partial charge in [-0.15, -0.1) is 0 Å². The smallest absolute Gasteiger partial charge is 0.131 e. The number of hydrogen-bond donors (Lipinski definition) is 0. The quantitative estimate of drug-likeness (QED) is 0.776. The van der Waals surface area contributed by atoms with E-state index in [1.165, 1.54) is 22.9 Å². The van der Waals surface area contributed by atoms with Gasteiger partial charge >= 0.3 is 0 Å². The normalized spacial score (nSPS) is 10.7. The van der Waals surface area contributed by atoms with E-state index in [2.05, 4.69) is 12.0 Å². The largest absolute Gasteiger partial charge is 0.303 e. The van der Waals surface area contributed by atoms with E-state index in [9.17, 15) is 13.6 Å². The molecule has 0 N–H and O–H groups in total. The summed E-state index contributed by atoms with van der Waals surface area (Å²) in [5.74, 6) is -1.22. The van der Waals surface area contributed by atoms with E-state index >= 15 is 0 Å². The zero-order valence-electron chi connectivity index (χ0n) is 10.3. The number of carbonyl (C=O) groups excluding carboxylic acids is 1. The molecule has 0 bridgehead atoms. The molecule has 0 aliphatic carbocycles. The summed E-state index contributed by atoms with van der Waals surface area (Å²) >= 11 is 0. The summed E-state index contributed by atoms with van der Waals surface area (Å²) in [5, 5.41) is 4.19. The highest BCUT2D eigenvalue weighted by Gasteiger charge is 2.12. The van der Waals surface area contributed by atoms with Crippen molar-refractivity contribution in [1.82, 2.24) is 9.78 Å². The molecule has 0 spiro atoms. The molecule has 1 heterocycles. The predicted octanol–water partition coefficient (Wildman–Crippen LogP) is 2.33. The van der Waals surface area contributed by atoms with Crippen molar-refractivity contribution < 1.29 is 13.6 Å². The molecule has 0 aliphatic rings. The molecule has 1 radical (unpaired) electrons. The van der Waals surface area contributed by atoms with Crippen molar-refractivity contribution in [3.05, 3.63) is 59.8 Å². The SMILES string of the molecule is [CH2]Cc1nn(Cc2c(F)cccc2F)cc1CC=O. The Bertz CT molecular complexity index is 573. The fourth-order valence-electron chi connectivity index (χ4n) is 1.90. The van der Waals surface area contributed by atoms with Gasteiger partial charge in [0.25, 0.3) is 0 Å². The van der Waals surface area contributed by atoms with Crippen LogP contribution in [0.25, 0.3) is 0 Å². The second-order valence-corrected chi connectivity index (χ2v) is 4.12. The Kier molecular flexibility index (Phi) is 4.04. The van der Waals surface area contributed by atoms with Gasteiger partial charge in [-0.05, 0) is 25.5 Å². The summed E-state index contributed by atoms with van der Waals surface area (Å²) < 4.78 is 28.5. The van der Waals surface area contributed by atoms with E-state index in [1.807, 2.05) is 0 Å². The number of carbonyl (C=O) groups is 1. The second-order valence-electron chi connectivity index (χ2n) is 4.12. The standard InChI is InChI=1S/C14H13F2N2O/c1-2-14-10(6-7-19)8-18(17-14)9-11-12(15)4-3-5-13(11)16/h3-5,7-8H,1-2,6,9H2. The minimum absolute atomic E-state index is 0.00956. The highest BCUT2D eigenvalue weighted by Crippen LogP contribution is 2.15. The van der Waals surface area contributed by atoms with E-state index in [0.717, 1.165) is 11.8 Å². The molecule has 19 heavy (non-hydrogen) atoms. The molecule has 1 aromatic carbocycles. The fraction of sp³-hybridized carbons (Fsp3) is 0.214. The van der Waals surface area contributed by atoms with E-state index < -0.39 is 11.6 Å². The molecule has 0 aliphatic heterocycles. The molecular weight excluding hydrogens is 250 g/mol. The third kappa shape index (κ3) is 2.86. The first kappa shape index (κ1) is 13.4. The van der Waals surface area contributed by atoms with E-state index in [-0.39, 0.29) is 18.5 Å². The Balaban J connectivity index is 2.31. The summed E-state index contributed by atoms with van der Waals surface area (Å²) in [6.07, 6.45) is 3.05. The number of halogens is 2. The summed E-state index contributed by atoms with van der Waals surface area (Å²) in [7, 11) is 0. The molecule has 5 heteroatoms. The molecule has 0 unspecified atom stereocenters. The fourth-order valence-corrected chi connectivity index (χ4v) is 1.90. The first-order chi connectivity index (χ1) is 9.15. The Morgan fingerprint density at radius 3 is 2.58 bits per heavy atom. The van der Waals surface area contributed by atoms with Crippen LogP contribution < -0.4 is 0 Å². The highest BCUT2D eigenvalue weighted by atomic mass is 19.1. The molecule has 3 nitrogen and oxygen atoms in total. The maximum atomic E-state index is 13.5. The molecule has 0 atom stereocenters. The monoisotopic (exact) mass is 263 g/mol. The van der Waals surface area contributed by atoms with Crippen molar-refractivity contribution in [3.63, 3.8) is 0 Å². The number of benzene rings is 1. The predicted molar refractivity (Wildman–Crippen MR) is 66.5 cm³/mol. The molecule has 0 fully saturated rings. The van der Waals surface area contributed by atoms with Gasteiger partial charge in [-0.1, -0.05) is 6.07 Å². The first-order valence-corrected chi connectivity index (χ1v) is 5.86. The number of hydrogen-bond acceptors (Lipinski definition) is 2. The van der Waals surface area contributed by atoms with Crippen LogP contribution in [0.4, 0.5) is 8.78 Å². The van der Waals surface area contributed by atoms with Gasteiger partial charge in [0.2, 0.25) is 0 Å². The molecule has 0 saturated carbocycles. The van der Waals surface area contributed by atoms with Crippen LogP contribution in [0.5, 0.6) is 0 Å². The Hall–Kier alpha value is -2.04. The third-order valence-electron chi connectivity index (χ3n) is 2.85. The van der Waals surface area contributed by atoms with Crippen molar-refractivity contribution in [2.75, 3.05) is 0 Å². The number of aldehydes is 1. The van der Waals surface area contributed by atoms with Gasteiger partial charge in [0.15, 0.2) is 0 Å². The third-order valence-corrected chi connectivity index (χ3v) is 2.85. The highest BCUT2D eigenvalue weighted by molar-refractivity contribution is 5.55. The lowest BCUT2D eigenvalue weighted by Gasteiger charge is -2.04. The van der Waals surface area contributed by atoms with Crippen LogP contribution in [0.1, 0.15) is 16.8 Å². The molecule has 99 valence electrons. The van der Waals surface area contributed by atoms with Gasteiger partial charge < -0.3 is 4.79 Å². The van der Waals surface area contributed by atoms with Crippen LogP contribution in [0.2, 0.25) is 0 Å². The minimum Gasteiger partial charge on any atom is -0.303 e. The lowest BCUT2D eigenvalue weighted by atomic mass is 10.1. The van der Waals surface area contributed by atoms with Crippen molar-refractivity contribution in [3.8, 4) is 0 Å². The zero-order valence-corrected chi connectivity index (χ0v) is 10.3. The van der Waals surface area contributed by atoms with Crippen LogP contribution in [-0.4, -0.2) is 16.1 Å². The maximum absolute atomic E-state index is 13.5. The van der Waals surface area contributed by atoms with Gasteiger partial charge in [-0.2, -0.15) is 5.10 Å². The molecule has 0 amide bonds. The Labute approximate surface area is 109 Å². The maximum Gasteiger partial charge on any atom is 0.131 e. The lowest BCUT2D eigenvalue weighted by molar-refractivity contribution is -0.107. The number of rotatable bonds is 5. The van der Waals surface area contributed by atoms with Crippen LogP contribution >= 0.6 is 0 Å². The van der Waals surface area contributed by atoms with Gasteiger partial charge in [0.1, 0.15) is 17.9 Å². The van der Waals surface area contributed by atoms with Crippen LogP contribution in [0.3, 0.4) is 0 Å². The summed E-state index contributed by atoms with van der Waals surface area (Å²) in [5.41, 5.74) is 1.36. The van der Waals surface area contributed by atoms with E-state index in [1.54, 1.807) is 6.20 Å². The van der Waals surface area contributed by atoms with E-state index in [4.69, 9.17) is 0 Å². The van der Waals surface area contributed by atoms with Gasteiger partial charge in [0.05, 0.1) is 12.2 Å². The summed E-state index contributed by atoms with van der Waals surface area (Å²) in [6.45, 7) is 3.70.